The molecule has 0 bridgehead atoms. The van der Waals surface area contributed by atoms with Crippen LogP contribution in [-0.2, 0) is 9.59 Å². The van der Waals surface area contributed by atoms with Gasteiger partial charge in [-0.1, -0.05) is 41.4 Å². The van der Waals surface area contributed by atoms with Gasteiger partial charge in [-0.05, 0) is 54.7 Å². The zero-order valence-corrected chi connectivity index (χ0v) is 17.5. The number of halogens is 2. The van der Waals surface area contributed by atoms with Crippen molar-refractivity contribution in [2.24, 2.45) is 0 Å². The molecule has 1 amide bonds. The van der Waals surface area contributed by atoms with Gasteiger partial charge >= 0.3 is 0 Å². The third-order valence-corrected chi connectivity index (χ3v) is 6.10. The Kier molecular flexibility index (Phi) is 5.66. The Morgan fingerprint density at radius 1 is 1.03 bits per heavy atom. The zero-order chi connectivity index (χ0) is 20.5. The minimum atomic E-state index is -0.336. The van der Waals surface area contributed by atoms with Gasteiger partial charge in [0.1, 0.15) is 5.75 Å². The molecule has 1 aliphatic heterocycles. The van der Waals surface area contributed by atoms with Crippen LogP contribution in [0.25, 0.3) is 0 Å². The van der Waals surface area contributed by atoms with Gasteiger partial charge in [-0.15, -0.1) is 0 Å². The second kappa shape index (κ2) is 8.21. The molecular weight excluding hydrogens is 409 g/mol. The van der Waals surface area contributed by atoms with Crippen molar-refractivity contribution in [1.29, 1.82) is 0 Å². The number of allylic oxidation sites excluding steroid dienone is 2. The van der Waals surface area contributed by atoms with Crippen LogP contribution in [0.5, 0.6) is 5.75 Å². The number of Topliss-reactive ketones (excluding diaryl/α,β-unsaturated/α-hetero) is 1. The van der Waals surface area contributed by atoms with Crippen molar-refractivity contribution >= 4 is 34.9 Å². The lowest BCUT2D eigenvalue weighted by molar-refractivity contribution is -0.122. The van der Waals surface area contributed by atoms with Gasteiger partial charge in [-0.3, -0.25) is 9.59 Å². The van der Waals surface area contributed by atoms with Crippen LogP contribution in [0.3, 0.4) is 0 Å². The number of ether oxygens (including phenoxy) is 1. The van der Waals surface area contributed by atoms with Crippen LogP contribution in [0.1, 0.15) is 49.1 Å². The van der Waals surface area contributed by atoms with Crippen LogP contribution < -0.4 is 10.1 Å². The van der Waals surface area contributed by atoms with E-state index < -0.39 is 0 Å². The van der Waals surface area contributed by atoms with Gasteiger partial charge in [-0.25, -0.2) is 0 Å². The predicted molar refractivity (Wildman–Crippen MR) is 114 cm³/mol. The molecule has 2 aromatic rings. The van der Waals surface area contributed by atoms with E-state index >= 15 is 0 Å². The molecule has 150 valence electrons. The third kappa shape index (κ3) is 4.05. The van der Waals surface area contributed by atoms with Crippen molar-refractivity contribution < 1.29 is 14.3 Å². The number of amides is 1. The monoisotopic (exact) mass is 429 g/mol. The molecular formula is C23H21Cl2NO3. The number of benzene rings is 2. The van der Waals surface area contributed by atoms with Crippen molar-refractivity contribution in [3.63, 3.8) is 0 Å². The molecule has 4 rings (SSSR count). The molecule has 2 aliphatic rings. The minimum absolute atomic E-state index is 0.0247. The molecule has 1 aliphatic carbocycles. The molecule has 2 aromatic carbocycles. The maximum atomic E-state index is 13.1. The van der Waals surface area contributed by atoms with E-state index in [1.165, 1.54) is 0 Å². The maximum Gasteiger partial charge on any atom is 0.225 e. The first-order valence-corrected chi connectivity index (χ1v) is 10.5. The van der Waals surface area contributed by atoms with E-state index in [1.807, 2.05) is 37.3 Å². The van der Waals surface area contributed by atoms with Gasteiger partial charge in [0.25, 0.3) is 0 Å². The lowest BCUT2D eigenvalue weighted by Crippen LogP contribution is -2.38. The van der Waals surface area contributed by atoms with Gasteiger partial charge < -0.3 is 10.1 Å². The number of rotatable bonds is 4. The SMILES string of the molecule is CCOc1ccc(C2CC(=O)C3=C(C2)NC(=O)CC3c2ccc(Cl)cc2Cl)cc1. The summed E-state index contributed by atoms with van der Waals surface area (Å²) in [5.74, 6) is 0.455. The quantitative estimate of drug-likeness (QED) is 0.707. The molecule has 0 saturated heterocycles. The van der Waals surface area contributed by atoms with Crippen LogP contribution >= 0.6 is 23.2 Å². The number of carbonyl (C=O) groups excluding carboxylic acids is 2. The van der Waals surface area contributed by atoms with Crippen molar-refractivity contribution in [3.8, 4) is 5.75 Å². The summed E-state index contributed by atoms with van der Waals surface area (Å²) < 4.78 is 5.50. The summed E-state index contributed by atoms with van der Waals surface area (Å²) in [6.45, 7) is 2.55. The fourth-order valence-corrected chi connectivity index (χ4v) is 4.79. The summed E-state index contributed by atoms with van der Waals surface area (Å²) in [6, 6.07) is 13.0. The standard InChI is InChI=1S/C23H21Cl2NO3/c1-2-29-16-6-3-13(4-7-16)14-9-20-23(21(27)10-14)18(12-22(28)26-20)17-8-5-15(24)11-19(17)25/h3-8,11,14,18H,2,9-10,12H2,1H3,(H,26,28). The number of hydrogen-bond acceptors (Lipinski definition) is 3. The summed E-state index contributed by atoms with van der Waals surface area (Å²) in [4.78, 5) is 25.6. The molecule has 1 heterocycles. The van der Waals surface area contributed by atoms with E-state index in [-0.39, 0.29) is 29.9 Å². The molecule has 29 heavy (non-hydrogen) atoms. The first-order valence-electron chi connectivity index (χ1n) is 9.70. The first-order chi connectivity index (χ1) is 14.0. The first kappa shape index (κ1) is 20.0. The maximum absolute atomic E-state index is 13.1. The van der Waals surface area contributed by atoms with Crippen LogP contribution in [0.15, 0.2) is 53.7 Å². The van der Waals surface area contributed by atoms with Crippen LogP contribution in [-0.4, -0.2) is 18.3 Å². The Bertz CT molecular complexity index is 998. The summed E-state index contributed by atoms with van der Waals surface area (Å²) in [5, 5.41) is 3.94. The van der Waals surface area contributed by atoms with E-state index in [2.05, 4.69) is 5.32 Å². The van der Waals surface area contributed by atoms with E-state index in [9.17, 15) is 9.59 Å². The normalized spacial score (nSPS) is 21.6. The lowest BCUT2D eigenvalue weighted by Gasteiger charge is -2.34. The second-order valence-corrected chi connectivity index (χ2v) is 8.24. The summed E-state index contributed by atoms with van der Waals surface area (Å²) in [7, 11) is 0. The summed E-state index contributed by atoms with van der Waals surface area (Å²) in [6.07, 6.45) is 1.23. The van der Waals surface area contributed by atoms with E-state index in [0.717, 1.165) is 16.9 Å². The third-order valence-electron chi connectivity index (χ3n) is 5.54. The van der Waals surface area contributed by atoms with E-state index in [1.54, 1.807) is 12.1 Å². The predicted octanol–water partition coefficient (Wildman–Crippen LogP) is 5.40. The number of hydrogen-bond donors (Lipinski definition) is 1. The highest BCUT2D eigenvalue weighted by Crippen LogP contribution is 2.44. The fourth-order valence-electron chi connectivity index (χ4n) is 4.25. The average Bonchev–Trinajstić information content (AvgIpc) is 2.68. The largest absolute Gasteiger partial charge is 0.494 e. The fraction of sp³-hybridized carbons (Fsp3) is 0.304. The molecule has 4 nitrogen and oxygen atoms in total. The molecule has 0 saturated carbocycles. The molecule has 0 spiro atoms. The van der Waals surface area contributed by atoms with Gasteiger partial charge in [0.15, 0.2) is 5.78 Å². The Hall–Kier alpha value is -2.30. The Morgan fingerprint density at radius 3 is 2.48 bits per heavy atom. The minimum Gasteiger partial charge on any atom is -0.494 e. The molecule has 6 heteroatoms. The van der Waals surface area contributed by atoms with Gasteiger partial charge in [0.2, 0.25) is 5.91 Å². The second-order valence-electron chi connectivity index (χ2n) is 7.39. The molecule has 0 radical (unpaired) electrons. The average molecular weight is 430 g/mol. The number of nitrogens with one attached hydrogen (secondary N) is 1. The van der Waals surface area contributed by atoms with Crippen LogP contribution in [0.4, 0.5) is 0 Å². The number of ketones is 1. The van der Waals surface area contributed by atoms with Gasteiger partial charge in [0.05, 0.1) is 6.61 Å². The van der Waals surface area contributed by atoms with E-state index in [0.29, 0.717) is 40.8 Å². The summed E-state index contributed by atoms with van der Waals surface area (Å²) >= 11 is 12.4. The molecule has 0 fully saturated rings. The molecule has 0 aromatic heterocycles. The summed E-state index contributed by atoms with van der Waals surface area (Å²) in [5.41, 5.74) is 3.23. The van der Waals surface area contributed by atoms with Gasteiger partial charge in [0, 0.05) is 40.1 Å². The topological polar surface area (TPSA) is 55.4 Å². The Labute approximate surface area is 179 Å². The Morgan fingerprint density at radius 2 is 1.79 bits per heavy atom. The highest BCUT2D eigenvalue weighted by molar-refractivity contribution is 6.35. The van der Waals surface area contributed by atoms with Crippen molar-refractivity contribution in [1.82, 2.24) is 5.32 Å². The number of carbonyl (C=O) groups is 2. The molecule has 2 unspecified atom stereocenters. The zero-order valence-electron chi connectivity index (χ0n) is 16.0. The highest BCUT2D eigenvalue weighted by atomic mass is 35.5. The van der Waals surface area contributed by atoms with Crippen LogP contribution in [0.2, 0.25) is 10.0 Å². The lowest BCUT2D eigenvalue weighted by atomic mass is 9.73. The molecule has 2 atom stereocenters. The van der Waals surface area contributed by atoms with Crippen molar-refractivity contribution in [3.05, 3.63) is 74.9 Å². The van der Waals surface area contributed by atoms with Crippen LogP contribution in [0, 0.1) is 0 Å². The Balaban J connectivity index is 1.66. The molecule has 1 N–H and O–H groups in total. The smallest absolute Gasteiger partial charge is 0.225 e. The van der Waals surface area contributed by atoms with Crippen molar-refractivity contribution in [2.75, 3.05) is 6.61 Å². The van der Waals surface area contributed by atoms with E-state index in [4.69, 9.17) is 27.9 Å². The van der Waals surface area contributed by atoms with Gasteiger partial charge in [-0.2, -0.15) is 0 Å². The highest BCUT2D eigenvalue weighted by Gasteiger charge is 2.38. The van der Waals surface area contributed by atoms with Crippen molar-refractivity contribution in [2.45, 2.75) is 38.0 Å².